The zero-order chi connectivity index (χ0) is 19.6. The molecule has 6 rings (SSSR count). The Morgan fingerprint density at radius 3 is 1.69 bits per heavy atom. The van der Waals surface area contributed by atoms with Gasteiger partial charge in [-0.3, -0.25) is 0 Å². The van der Waals surface area contributed by atoms with E-state index in [1.807, 2.05) is 0 Å². The number of rotatable bonds is 1. The average molecular weight is 390 g/mol. The molecule has 3 fully saturated rings. The van der Waals surface area contributed by atoms with Gasteiger partial charge in [0.1, 0.15) is 0 Å². The van der Waals surface area contributed by atoms with E-state index in [0.29, 0.717) is 0 Å². The van der Waals surface area contributed by atoms with E-state index in [9.17, 15) is 45.3 Å². The van der Waals surface area contributed by atoms with Crippen molar-refractivity contribution in [2.45, 2.75) is 35.6 Å². The van der Waals surface area contributed by atoms with E-state index < -0.39 is 87.6 Å². The second-order valence-corrected chi connectivity index (χ2v) is 6.73. The Morgan fingerprint density at radius 2 is 1.19 bits per heavy atom. The normalized spacial score (nSPS) is 40.0. The van der Waals surface area contributed by atoms with Gasteiger partial charge in [0.25, 0.3) is 0 Å². The molecule has 0 heterocycles. The Bertz CT molecular complexity index is 884. The van der Waals surface area contributed by atoms with Crippen LogP contribution in [0.3, 0.4) is 0 Å². The monoisotopic (exact) mass is 390 g/mol. The minimum atomic E-state index is -4.23. The Kier molecular flexibility index (Phi) is 2.98. The summed E-state index contributed by atoms with van der Waals surface area (Å²) < 4.78 is 127. The smallest absolute Gasteiger partial charge is 0.243 e. The van der Waals surface area contributed by atoms with Gasteiger partial charge in [-0.05, 0) is 12.8 Å². The minimum Gasteiger partial charge on any atom is -0.360 e. The number of hydrogen-bond donors (Lipinski definition) is 2. The van der Waals surface area contributed by atoms with Crippen LogP contribution in [0.2, 0.25) is 0 Å². The van der Waals surface area contributed by atoms with Crippen molar-refractivity contribution in [2.24, 2.45) is 5.92 Å². The van der Waals surface area contributed by atoms with Crippen LogP contribution in [0.1, 0.15) is 18.4 Å². The molecular formula is C15H7F9O2. The maximum absolute atomic E-state index is 15.3. The van der Waals surface area contributed by atoms with Crippen LogP contribution in [0.25, 0.3) is 5.57 Å². The zero-order valence-electron chi connectivity index (χ0n) is 12.3. The zero-order valence-corrected chi connectivity index (χ0v) is 12.3. The maximum Gasteiger partial charge on any atom is 0.243 e. The van der Waals surface area contributed by atoms with E-state index in [0.717, 1.165) is 0 Å². The van der Waals surface area contributed by atoms with Gasteiger partial charge in [0.15, 0.2) is 34.8 Å². The molecule has 26 heavy (non-hydrogen) atoms. The molecule has 0 amide bonds. The van der Waals surface area contributed by atoms with Crippen LogP contribution in [-0.2, 0) is 0 Å². The molecule has 0 aliphatic heterocycles. The molecule has 4 atom stereocenters. The van der Waals surface area contributed by atoms with Crippen molar-refractivity contribution in [2.75, 3.05) is 0 Å². The average Bonchev–Trinajstić information content (AvgIpc) is 2.57. The van der Waals surface area contributed by atoms with E-state index in [2.05, 4.69) is 0 Å². The molecule has 2 N–H and O–H groups in total. The highest BCUT2D eigenvalue weighted by atomic mass is 19.2. The van der Waals surface area contributed by atoms with E-state index in [1.54, 1.807) is 0 Å². The highest BCUT2D eigenvalue weighted by Crippen LogP contribution is 2.77. The largest absolute Gasteiger partial charge is 0.360 e. The summed E-state index contributed by atoms with van der Waals surface area (Å²) in [6.07, 6.45) is -2.33. The van der Waals surface area contributed by atoms with Crippen LogP contribution >= 0.6 is 0 Å². The fraction of sp³-hybridized carbons (Fsp3) is 0.467. The summed E-state index contributed by atoms with van der Waals surface area (Å²) in [5.74, 6) is -21.7. The topological polar surface area (TPSA) is 40.5 Å². The van der Waals surface area contributed by atoms with Gasteiger partial charge in [-0.25, -0.2) is 39.5 Å². The highest BCUT2D eigenvalue weighted by Gasteiger charge is 2.91. The molecule has 0 radical (unpaired) electrons. The molecular weight excluding hydrogens is 383 g/mol. The predicted molar refractivity (Wildman–Crippen MR) is 65.7 cm³/mol. The summed E-state index contributed by atoms with van der Waals surface area (Å²) in [5, 5.41) is 19.4. The fourth-order valence-corrected chi connectivity index (χ4v) is 4.34. The molecule has 142 valence electrons. The van der Waals surface area contributed by atoms with Crippen LogP contribution in [0.4, 0.5) is 39.5 Å². The minimum absolute atomic E-state index is 1.05. The van der Waals surface area contributed by atoms with Crippen LogP contribution in [0.5, 0.6) is 0 Å². The van der Waals surface area contributed by atoms with Crippen molar-refractivity contribution in [1.29, 1.82) is 0 Å². The van der Waals surface area contributed by atoms with Crippen LogP contribution < -0.4 is 0 Å². The van der Waals surface area contributed by atoms with Crippen molar-refractivity contribution in [1.82, 2.24) is 0 Å². The summed E-state index contributed by atoms with van der Waals surface area (Å²) in [6.45, 7) is 0. The highest BCUT2D eigenvalue weighted by molar-refractivity contribution is 5.83. The van der Waals surface area contributed by atoms with Gasteiger partial charge in [-0.15, -0.1) is 0 Å². The Hall–Kier alpha value is -1.75. The maximum atomic E-state index is 15.3. The lowest BCUT2D eigenvalue weighted by atomic mass is 9.40. The van der Waals surface area contributed by atoms with Gasteiger partial charge in [-0.2, -0.15) is 0 Å². The number of hydrogen-bond acceptors (Lipinski definition) is 2. The van der Waals surface area contributed by atoms with Crippen LogP contribution in [0.15, 0.2) is 5.83 Å². The first kappa shape index (κ1) is 17.7. The first-order valence-electron chi connectivity index (χ1n) is 7.21. The summed E-state index contributed by atoms with van der Waals surface area (Å²) in [6, 6.07) is 0. The molecule has 0 saturated heterocycles. The third-order valence-corrected chi connectivity index (χ3v) is 5.69. The first-order valence-corrected chi connectivity index (χ1v) is 7.21. The van der Waals surface area contributed by atoms with Gasteiger partial charge in [0.05, 0.1) is 5.56 Å². The summed E-state index contributed by atoms with van der Waals surface area (Å²) in [7, 11) is 0. The molecule has 5 aliphatic rings. The third kappa shape index (κ3) is 1.38. The summed E-state index contributed by atoms with van der Waals surface area (Å²) >= 11 is 0. The molecule has 0 spiro atoms. The molecule has 4 unspecified atom stereocenters. The molecule has 3 saturated carbocycles. The quantitative estimate of drug-likeness (QED) is 0.334. The predicted octanol–water partition coefficient (Wildman–Crippen LogP) is 3.31. The molecule has 11 heteroatoms. The van der Waals surface area contributed by atoms with Crippen molar-refractivity contribution < 1.29 is 49.7 Å². The molecule has 5 aliphatic carbocycles. The molecule has 4 bridgehead atoms. The van der Waals surface area contributed by atoms with E-state index in [-0.39, 0.29) is 0 Å². The molecule has 1 aromatic carbocycles. The van der Waals surface area contributed by atoms with Crippen molar-refractivity contribution >= 4 is 5.57 Å². The number of allylic oxidation sites excluding steroid dienone is 1. The third-order valence-electron chi connectivity index (χ3n) is 5.69. The summed E-state index contributed by atoms with van der Waals surface area (Å²) in [4.78, 5) is 0. The first-order chi connectivity index (χ1) is 11.8. The molecule has 2 nitrogen and oxygen atoms in total. The second kappa shape index (κ2) is 4.38. The van der Waals surface area contributed by atoms with Gasteiger partial charge in [-0.1, -0.05) is 0 Å². The van der Waals surface area contributed by atoms with Crippen LogP contribution in [-0.4, -0.2) is 33.0 Å². The van der Waals surface area contributed by atoms with Crippen molar-refractivity contribution in [3.63, 3.8) is 0 Å². The van der Waals surface area contributed by atoms with Gasteiger partial charge in [0, 0.05) is 11.5 Å². The van der Waals surface area contributed by atoms with Crippen molar-refractivity contribution in [3.8, 4) is 0 Å². The number of halogens is 9. The SMILES string of the molecule is OC1(O)C2(F)CC3CC1(F)C3(F)C(c1c(F)c(F)c(F)c(F)c1F)=C2F. The Morgan fingerprint density at radius 1 is 0.731 bits per heavy atom. The number of alkyl halides is 3. The number of aliphatic hydroxyl groups is 2. The van der Waals surface area contributed by atoms with E-state index >= 15 is 4.39 Å². The van der Waals surface area contributed by atoms with Gasteiger partial charge >= 0.3 is 0 Å². The lowest BCUT2D eigenvalue weighted by molar-refractivity contribution is -0.407. The van der Waals surface area contributed by atoms with E-state index in [1.165, 1.54) is 0 Å². The second-order valence-electron chi connectivity index (χ2n) is 6.73. The van der Waals surface area contributed by atoms with Crippen molar-refractivity contribution in [3.05, 3.63) is 40.5 Å². The van der Waals surface area contributed by atoms with E-state index in [4.69, 9.17) is 0 Å². The Balaban J connectivity index is 2.13. The molecule has 1 aromatic rings. The Labute approximate surface area is 138 Å². The lowest BCUT2D eigenvalue weighted by Gasteiger charge is -2.70. The standard InChI is InChI=1S/C15H7F9O2/c16-6-4(7(17)9(19)10(20)8(6)18)5-11(21)12(22)1-3-2-13(23,14(3,5)24)15(12,25)26/h3,25-26H,1-2H2. The summed E-state index contributed by atoms with van der Waals surface area (Å²) in [5.41, 5.74) is -16.1. The van der Waals surface area contributed by atoms with Crippen LogP contribution in [0, 0.1) is 35.0 Å². The number of benzene rings is 1. The van der Waals surface area contributed by atoms with Gasteiger partial charge in [0.2, 0.25) is 22.9 Å². The molecule has 0 aromatic heterocycles. The lowest BCUT2D eigenvalue weighted by Crippen LogP contribution is -2.87. The van der Waals surface area contributed by atoms with Gasteiger partial charge < -0.3 is 10.2 Å². The fourth-order valence-electron chi connectivity index (χ4n) is 4.34.